The lowest BCUT2D eigenvalue weighted by Gasteiger charge is -2.29. The van der Waals surface area contributed by atoms with Crippen LogP contribution < -0.4 is 20.1 Å². The number of likely N-dealkylation sites (tertiary alicyclic amines) is 1. The summed E-state index contributed by atoms with van der Waals surface area (Å²) < 4.78 is 19.1. The van der Waals surface area contributed by atoms with E-state index in [1.165, 1.54) is 4.57 Å². The number of nitrogens with zero attached hydrogens (tertiary/aromatic N) is 3. The van der Waals surface area contributed by atoms with Crippen molar-refractivity contribution in [2.75, 3.05) is 45.3 Å². The summed E-state index contributed by atoms with van der Waals surface area (Å²) in [5, 5.41) is 16.0. The summed E-state index contributed by atoms with van der Waals surface area (Å²) in [5.74, 6) is 1.39. The summed E-state index contributed by atoms with van der Waals surface area (Å²) >= 11 is 0. The number of anilines is 1. The van der Waals surface area contributed by atoms with Crippen molar-refractivity contribution in [3.63, 3.8) is 0 Å². The second kappa shape index (κ2) is 14.1. The molecule has 11 heteroatoms. The average molecular weight is 588 g/mol. The van der Waals surface area contributed by atoms with Crippen molar-refractivity contribution in [2.45, 2.75) is 32.4 Å². The van der Waals surface area contributed by atoms with Gasteiger partial charge in [0.25, 0.3) is 5.91 Å². The number of aromatic nitrogens is 2. The fourth-order valence-corrected chi connectivity index (χ4v) is 4.94. The second-order valence-electron chi connectivity index (χ2n) is 10.3. The largest absolute Gasteiger partial charge is 0.487 e. The number of carbonyl (C=O) groups excluding carboxylic acids is 2. The molecule has 1 saturated heterocycles. The molecule has 2 amide bonds. The van der Waals surface area contributed by atoms with Gasteiger partial charge in [-0.2, -0.15) is 0 Å². The first-order valence-corrected chi connectivity index (χ1v) is 14.5. The number of piperidine rings is 1. The summed E-state index contributed by atoms with van der Waals surface area (Å²) in [4.78, 5) is 31.9. The summed E-state index contributed by atoms with van der Waals surface area (Å²) in [7, 11) is 1.57. The smallest absolute Gasteiger partial charge is 0.325 e. The number of carbonyl (C=O) groups is 2. The van der Waals surface area contributed by atoms with Gasteiger partial charge in [0.15, 0.2) is 11.5 Å². The Kier molecular flexibility index (Phi) is 9.88. The first kappa shape index (κ1) is 30.0. The molecular formula is C32H37N5O6. The van der Waals surface area contributed by atoms with E-state index in [1.54, 1.807) is 55.8 Å². The number of benzene rings is 2. The molecule has 0 aliphatic carbocycles. The number of hydrogen-bond acceptors (Lipinski definition) is 8. The number of fused-ring (bicyclic) bond motifs is 1. The number of aliphatic hydroxyl groups excluding tert-OH is 1. The second-order valence-corrected chi connectivity index (χ2v) is 10.3. The van der Waals surface area contributed by atoms with E-state index < -0.39 is 0 Å². The molecule has 0 saturated carbocycles. The molecule has 11 nitrogen and oxygen atoms in total. The van der Waals surface area contributed by atoms with Crippen LogP contribution in [0.4, 0.5) is 10.6 Å². The number of aliphatic hydroxyl groups is 1. The average Bonchev–Trinajstić information content (AvgIpc) is 3.43. The SMILES string of the molecule is CCOCCOc1cc2c(ccn2C(=O)NC)cc1Oc1ccnc(NC(=O)c2ccc(CN3CCC(O)CC3)cc2)c1. The van der Waals surface area contributed by atoms with Gasteiger partial charge in [0.2, 0.25) is 0 Å². The Bertz CT molecular complexity index is 1550. The third-order valence-electron chi connectivity index (χ3n) is 7.26. The summed E-state index contributed by atoms with van der Waals surface area (Å²) in [5.41, 5.74) is 2.30. The molecule has 4 aromatic rings. The molecule has 0 unspecified atom stereocenters. The lowest BCUT2D eigenvalue weighted by molar-refractivity contribution is 0.0792. The van der Waals surface area contributed by atoms with Gasteiger partial charge >= 0.3 is 6.03 Å². The molecule has 226 valence electrons. The van der Waals surface area contributed by atoms with Gasteiger partial charge in [-0.15, -0.1) is 0 Å². The van der Waals surface area contributed by atoms with Gasteiger partial charge in [0.05, 0.1) is 18.2 Å². The zero-order chi connectivity index (χ0) is 30.2. The number of pyridine rings is 1. The van der Waals surface area contributed by atoms with Crippen LogP contribution in [0.25, 0.3) is 10.9 Å². The quantitative estimate of drug-likeness (QED) is 0.217. The molecule has 0 radical (unpaired) electrons. The molecule has 43 heavy (non-hydrogen) atoms. The van der Waals surface area contributed by atoms with Crippen LogP contribution in [0.1, 0.15) is 35.7 Å². The molecule has 1 fully saturated rings. The minimum Gasteiger partial charge on any atom is -0.487 e. The molecule has 3 N–H and O–H groups in total. The summed E-state index contributed by atoms with van der Waals surface area (Å²) in [6, 6.07) is 15.9. The first-order chi connectivity index (χ1) is 20.9. The van der Waals surface area contributed by atoms with Crippen LogP contribution in [0, 0.1) is 0 Å². The number of ether oxygens (including phenoxy) is 3. The highest BCUT2D eigenvalue weighted by molar-refractivity contribution is 6.03. The molecule has 3 heterocycles. The standard InChI is InChI=1S/C32H37N5O6/c1-3-41-16-17-42-28-20-27-24(9-15-37(27)32(40)33-2)18-29(28)43-26-8-12-34-30(19-26)35-31(39)23-6-4-22(5-7-23)21-36-13-10-25(38)11-14-36/h4-9,12,15,18-20,25,38H,3,10-11,13-14,16-17,21H2,1-2H3,(H,33,40)(H,34,35,39). The number of amides is 2. The van der Waals surface area contributed by atoms with E-state index in [9.17, 15) is 14.7 Å². The van der Waals surface area contributed by atoms with Crippen LogP contribution in [-0.4, -0.2) is 77.6 Å². The highest BCUT2D eigenvalue weighted by Gasteiger charge is 2.18. The van der Waals surface area contributed by atoms with Gasteiger partial charge in [0.1, 0.15) is 18.2 Å². The Morgan fingerprint density at radius 1 is 1.02 bits per heavy atom. The van der Waals surface area contributed by atoms with Crippen LogP contribution in [-0.2, 0) is 11.3 Å². The molecule has 1 aliphatic heterocycles. The van der Waals surface area contributed by atoms with E-state index in [0.29, 0.717) is 54.0 Å². The van der Waals surface area contributed by atoms with E-state index in [2.05, 4.69) is 20.5 Å². The topological polar surface area (TPSA) is 127 Å². The normalized spacial score (nSPS) is 14.0. The Hall–Kier alpha value is -4.45. The van der Waals surface area contributed by atoms with Crippen molar-refractivity contribution in [2.24, 2.45) is 0 Å². The van der Waals surface area contributed by atoms with Crippen molar-refractivity contribution >= 4 is 28.7 Å². The van der Waals surface area contributed by atoms with Crippen LogP contribution in [0.3, 0.4) is 0 Å². The maximum Gasteiger partial charge on any atom is 0.325 e. The predicted octanol–water partition coefficient (Wildman–Crippen LogP) is 4.64. The van der Waals surface area contributed by atoms with Crippen molar-refractivity contribution in [3.05, 3.63) is 78.1 Å². The monoisotopic (exact) mass is 587 g/mol. The van der Waals surface area contributed by atoms with E-state index in [4.69, 9.17) is 14.2 Å². The van der Waals surface area contributed by atoms with Gasteiger partial charge in [-0.1, -0.05) is 12.1 Å². The van der Waals surface area contributed by atoms with Crippen molar-refractivity contribution in [3.8, 4) is 17.2 Å². The molecule has 2 aromatic heterocycles. The van der Waals surface area contributed by atoms with E-state index in [0.717, 1.165) is 43.4 Å². The summed E-state index contributed by atoms with van der Waals surface area (Å²) in [6.45, 7) is 5.71. The maximum atomic E-state index is 13.0. The third kappa shape index (κ3) is 7.69. The Morgan fingerprint density at radius 3 is 2.56 bits per heavy atom. The van der Waals surface area contributed by atoms with Gasteiger partial charge in [-0.3, -0.25) is 14.3 Å². The van der Waals surface area contributed by atoms with Crippen LogP contribution in [0.5, 0.6) is 17.2 Å². The molecular weight excluding hydrogens is 550 g/mol. The fraction of sp³-hybridized carbons (Fsp3) is 0.344. The lowest BCUT2D eigenvalue weighted by Crippen LogP contribution is -2.35. The Morgan fingerprint density at radius 2 is 1.81 bits per heavy atom. The minimum absolute atomic E-state index is 0.201. The van der Waals surface area contributed by atoms with Crippen LogP contribution in [0.2, 0.25) is 0 Å². The van der Waals surface area contributed by atoms with E-state index >= 15 is 0 Å². The molecule has 0 spiro atoms. The molecule has 5 rings (SSSR count). The zero-order valence-electron chi connectivity index (χ0n) is 24.4. The van der Waals surface area contributed by atoms with Gasteiger partial charge < -0.3 is 30.0 Å². The van der Waals surface area contributed by atoms with Gasteiger partial charge in [0, 0.05) is 68.8 Å². The van der Waals surface area contributed by atoms with Crippen LogP contribution >= 0.6 is 0 Å². The van der Waals surface area contributed by atoms with Crippen LogP contribution in [0.15, 0.2) is 67.0 Å². The van der Waals surface area contributed by atoms with E-state index in [-0.39, 0.29) is 18.0 Å². The zero-order valence-corrected chi connectivity index (χ0v) is 24.4. The number of hydrogen-bond donors (Lipinski definition) is 3. The Labute approximate surface area is 250 Å². The first-order valence-electron chi connectivity index (χ1n) is 14.5. The van der Waals surface area contributed by atoms with Crippen molar-refractivity contribution < 1.29 is 28.9 Å². The highest BCUT2D eigenvalue weighted by Crippen LogP contribution is 2.36. The third-order valence-corrected chi connectivity index (χ3v) is 7.26. The lowest BCUT2D eigenvalue weighted by atomic mass is 10.1. The maximum absolute atomic E-state index is 13.0. The molecule has 2 aromatic carbocycles. The molecule has 1 aliphatic rings. The van der Waals surface area contributed by atoms with E-state index in [1.807, 2.05) is 25.1 Å². The molecule has 0 atom stereocenters. The predicted molar refractivity (Wildman–Crippen MR) is 163 cm³/mol. The Balaban J connectivity index is 1.28. The molecule has 0 bridgehead atoms. The van der Waals surface area contributed by atoms with Gasteiger partial charge in [-0.25, -0.2) is 9.78 Å². The van der Waals surface area contributed by atoms with Crippen molar-refractivity contribution in [1.29, 1.82) is 0 Å². The summed E-state index contributed by atoms with van der Waals surface area (Å²) in [6.07, 6.45) is 4.62. The number of rotatable bonds is 11. The van der Waals surface area contributed by atoms with Crippen molar-refractivity contribution in [1.82, 2.24) is 19.8 Å². The highest BCUT2D eigenvalue weighted by atomic mass is 16.5. The van der Waals surface area contributed by atoms with Gasteiger partial charge in [-0.05, 0) is 55.7 Å². The minimum atomic E-state index is -0.283. The fourth-order valence-electron chi connectivity index (χ4n) is 4.94. The number of nitrogens with one attached hydrogen (secondary N) is 2.